The summed E-state index contributed by atoms with van der Waals surface area (Å²) in [4.78, 5) is 0.636. The fourth-order valence-corrected chi connectivity index (χ4v) is 2.00. The lowest BCUT2D eigenvalue weighted by molar-refractivity contribution is 0.695. The van der Waals surface area contributed by atoms with Crippen LogP contribution in [0.4, 0.5) is 0 Å². The molecule has 0 aromatic heterocycles. The second kappa shape index (κ2) is 7.70. The molecule has 0 radical (unpaired) electrons. The van der Waals surface area contributed by atoms with Gasteiger partial charge >= 0.3 is 0 Å². The lowest BCUT2D eigenvalue weighted by atomic mass is 10.1. The summed E-state index contributed by atoms with van der Waals surface area (Å²) in [6.07, 6.45) is 9.44. The third-order valence-electron chi connectivity index (χ3n) is 2.37. The number of alkyl halides is 1. The van der Waals surface area contributed by atoms with E-state index in [9.17, 15) is 0 Å². The average molecular weight is 267 g/mol. The number of allylic oxidation sites excluding steroid dienone is 1. The lowest BCUT2D eigenvalue weighted by Gasteiger charge is -2.04. The van der Waals surface area contributed by atoms with E-state index in [1.807, 2.05) is 6.07 Å². The van der Waals surface area contributed by atoms with Crippen molar-refractivity contribution in [2.45, 2.75) is 37.4 Å². The van der Waals surface area contributed by atoms with Crippen molar-refractivity contribution in [1.82, 2.24) is 0 Å². The molecule has 1 heteroatoms. The highest BCUT2D eigenvalue weighted by atomic mass is 79.9. The second-order valence-corrected chi connectivity index (χ2v) is 5.08. The zero-order valence-corrected chi connectivity index (χ0v) is 10.9. The number of halogens is 1. The van der Waals surface area contributed by atoms with Crippen molar-refractivity contribution in [3.8, 4) is 0 Å². The van der Waals surface area contributed by atoms with Gasteiger partial charge in [-0.05, 0) is 18.4 Å². The van der Waals surface area contributed by atoms with Crippen LogP contribution in [0.1, 0.15) is 38.2 Å². The molecule has 0 amide bonds. The third kappa shape index (κ3) is 5.78. The Balaban J connectivity index is 2.27. The monoisotopic (exact) mass is 266 g/mol. The Kier molecular flexibility index (Phi) is 6.42. The number of rotatable bonds is 6. The van der Waals surface area contributed by atoms with Crippen molar-refractivity contribution >= 4 is 22.0 Å². The van der Waals surface area contributed by atoms with Crippen LogP contribution in [0.5, 0.6) is 0 Å². The summed E-state index contributed by atoms with van der Waals surface area (Å²) >= 11 is 3.70. The maximum atomic E-state index is 3.70. The van der Waals surface area contributed by atoms with Crippen molar-refractivity contribution in [3.63, 3.8) is 0 Å². The van der Waals surface area contributed by atoms with Crippen LogP contribution in [0.15, 0.2) is 36.4 Å². The van der Waals surface area contributed by atoms with E-state index in [0.717, 1.165) is 6.42 Å². The summed E-state index contributed by atoms with van der Waals surface area (Å²) in [6.45, 7) is 2.24. The lowest BCUT2D eigenvalue weighted by Crippen LogP contribution is -1.94. The standard InChI is InChI=1S/C14H19Br/c1-2-3-11-14(15)12-7-10-13-8-5-4-6-9-13/h4-10,14H,2-3,11-12H2,1H3. The molecule has 82 valence electrons. The summed E-state index contributed by atoms with van der Waals surface area (Å²) < 4.78 is 0. The molecule has 0 heterocycles. The number of unbranched alkanes of at least 4 members (excludes halogenated alkanes) is 1. The highest BCUT2D eigenvalue weighted by Crippen LogP contribution is 2.15. The number of hydrogen-bond donors (Lipinski definition) is 0. The molecule has 0 nitrogen and oxygen atoms in total. The third-order valence-corrected chi connectivity index (χ3v) is 3.20. The van der Waals surface area contributed by atoms with E-state index in [-0.39, 0.29) is 0 Å². The summed E-state index contributed by atoms with van der Waals surface area (Å²) in [7, 11) is 0. The van der Waals surface area contributed by atoms with Crippen LogP contribution >= 0.6 is 15.9 Å². The van der Waals surface area contributed by atoms with Gasteiger partial charge in [-0.1, -0.05) is 78.2 Å². The fourth-order valence-electron chi connectivity index (χ4n) is 1.46. The largest absolute Gasteiger partial charge is 0.0887 e. The highest BCUT2D eigenvalue weighted by Gasteiger charge is 1.99. The smallest absolute Gasteiger partial charge is 0.0180 e. The Bertz CT molecular complexity index is 277. The zero-order chi connectivity index (χ0) is 10.9. The van der Waals surface area contributed by atoms with Crippen LogP contribution in [0, 0.1) is 0 Å². The molecule has 0 aliphatic rings. The molecule has 1 aromatic rings. The van der Waals surface area contributed by atoms with E-state index in [1.165, 1.54) is 24.8 Å². The second-order valence-electron chi connectivity index (χ2n) is 3.79. The summed E-state index contributed by atoms with van der Waals surface area (Å²) in [6, 6.07) is 10.5. The summed E-state index contributed by atoms with van der Waals surface area (Å²) in [5.74, 6) is 0. The SMILES string of the molecule is CCCCC(Br)CC=Cc1ccccc1. The number of benzene rings is 1. The molecule has 1 aromatic carbocycles. The van der Waals surface area contributed by atoms with Crippen LogP contribution < -0.4 is 0 Å². The first-order valence-corrected chi connectivity index (χ1v) is 6.60. The van der Waals surface area contributed by atoms with Crippen LogP contribution in [0.2, 0.25) is 0 Å². The molecule has 0 aliphatic carbocycles. The maximum absolute atomic E-state index is 3.70. The predicted molar refractivity (Wildman–Crippen MR) is 72.3 cm³/mol. The minimum Gasteiger partial charge on any atom is -0.0887 e. The average Bonchev–Trinajstić information content (AvgIpc) is 2.28. The van der Waals surface area contributed by atoms with Gasteiger partial charge in [0.15, 0.2) is 0 Å². The Morgan fingerprint density at radius 3 is 2.67 bits per heavy atom. The van der Waals surface area contributed by atoms with E-state index in [0.29, 0.717) is 4.83 Å². The van der Waals surface area contributed by atoms with Crippen molar-refractivity contribution < 1.29 is 0 Å². The molecule has 0 saturated carbocycles. The van der Waals surface area contributed by atoms with Gasteiger partial charge < -0.3 is 0 Å². The quantitative estimate of drug-likeness (QED) is 0.633. The first-order chi connectivity index (χ1) is 7.33. The predicted octanol–water partition coefficient (Wildman–Crippen LogP) is 5.04. The van der Waals surface area contributed by atoms with Gasteiger partial charge in [0.1, 0.15) is 0 Å². The summed E-state index contributed by atoms with van der Waals surface area (Å²) in [5, 5.41) is 0. The number of hydrogen-bond acceptors (Lipinski definition) is 0. The van der Waals surface area contributed by atoms with Crippen LogP contribution in [0.3, 0.4) is 0 Å². The Labute approximate surface area is 102 Å². The molecule has 0 saturated heterocycles. The topological polar surface area (TPSA) is 0 Å². The van der Waals surface area contributed by atoms with Crippen molar-refractivity contribution in [1.29, 1.82) is 0 Å². The van der Waals surface area contributed by atoms with Crippen LogP contribution in [-0.2, 0) is 0 Å². The van der Waals surface area contributed by atoms with Gasteiger partial charge in [0.25, 0.3) is 0 Å². The van der Waals surface area contributed by atoms with E-state index < -0.39 is 0 Å². The van der Waals surface area contributed by atoms with Gasteiger partial charge in [-0.3, -0.25) is 0 Å². The zero-order valence-electron chi connectivity index (χ0n) is 9.33. The molecule has 0 N–H and O–H groups in total. The molecule has 15 heavy (non-hydrogen) atoms. The van der Waals surface area contributed by atoms with E-state index in [1.54, 1.807) is 0 Å². The van der Waals surface area contributed by atoms with Gasteiger partial charge in [-0.2, -0.15) is 0 Å². The van der Waals surface area contributed by atoms with Gasteiger partial charge in [-0.15, -0.1) is 0 Å². The van der Waals surface area contributed by atoms with Gasteiger partial charge in [0.2, 0.25) is 0 Å². The molecule has 0 bridgehead atoms. The van der Waals surface area contributed by atoms with Crippen LogP contribution in [0.25, 0.3) is 6.08 Å². The molecule has 0 fully saturated rings. The molecule has 0 spiro atoms. The maximum Gasteiger partial charge on any atom is 0.0180 e. The minimum absolute atomic E-state index is 0.636. The van der Waals surface area contributed by atoms with Crippen molar-refractivity contribution in [2.75, 3.05) is 0 Å². The molecule has 1 unspecified atom stereocenters. The molecule has 1 rings (SSSR count). The first-order valence-electron chi connectivity index (χ1n) is 5.68. The van der Waals surface area contributed by atoms with E-state index >= 15 is 0 Å². The fraction of sp³-hybridized carbons (Fsp3) is 0.429. The Hall–Kier alpha value is -0.560. The first kappa shape index (κ1) is 12.5. The van der Waals surface area contributed by atoms with E-state index in [2.05, 4.69) is 59.3 Å². The Morgan fingerprint density at radius 1 is 1.27 bits per heavy atom. The molecule has 1 atom stereocenters. The Morgan fingerprint density at radius 2 is 2.00 bits per heavy atom. The molecular formula is C14H19Br. The van der Waals surface area contributed by atoms with Gasteiger partial charge in [-0.25, -0.2) is 0 Å². The van der Waals surface area contributed by atoms with E-state index in [4.69, 9.17) is 0 Å². The summed E-state index contributed by atoms with van der Waals surface area (Å²) in [5.41, 5.74) is 1.28. The normalized spacial score (nSPS) is 13.2. The van der Waals surface area contributed by atoms with Crippen LogP contribution in [-0.4, -0.2) is 4.83 Å². The van der Waals surface area contributed by atoms with Crippen molar-refractivity contribution in [2.24, 2.45) is 0 Å². The van der Waals surface area contributed by atoms with Gasteiger partial charge in [0.05, 0.1) is 0 Å². The molecule has 0 aliphatic heterocycles. The van der Waals surface area contributed by atoms with Gasteiger partial charge in [0, 0.05) is 4.83 Å². The highest BCUT2D eigenvalue weighted by molar-refractivity contribution is 9.09. The molecular weight excluding hydrogens is 248 g/mol. The van der Waals surface area contributed by atoms with Crippen molar-refractivity contribution in [3.05, 3.63) is 42.0 Å². The minimum atomic E-state index is 0.636.